The van der Waals surface area contributed by atoms with Crippen molar-refractivity contribution < 1.29 is 27.1 Å². The quantitative estimate of drug-likeness (QED) is 0.294. The second kappa shape index (κ2) is 1.07. The van der Waals surface area contributed by atoms with Crippen LogP contribution in [0.5, 0.6) is 0 Å². The van der Waals surface area contributed by atoms with Gasteiger partial charge in [-0.05, 0) is 0 Å². The Kier molecular flexibility index (Phi) is 1.19. The molecule has 0 heterocycles. The summed E-state index contributed by atoms with van der Waals surface area (Å²) in [6.45, 7) is 0. The van der Waals surface area contributed by atoms with Gasteiger partial charge in [-0.15, -0.1) is 0 Å². The molecule has 0 bridgehead atoms. The van der Waals surface area contributed by atoms with Crippen LogP contribution in [0, 0.1) is 0 Å². The summed E-state index contributed by atoms with van der Waals surface area (Å²) >= 11 is -7.01. The average Bonchev–Trinajstić information content (AvgIpc) is 0.650. The minimum absolute atomic E-state index is 0.223. The van der Waals surface area contributed by atoms with Crippen molar-refractivity contribution >= 4 is 8.01 Å². The molecule has 0 spiro atoms. The van der Waals surface area contributed by atoms with Crippen LogP contribution in [-0.4, -0.2) is 0 Å². The van der Waals surface area contributed by atoms with Gasteiger partial charge in [-0.3, -0.25) is 0 Å². The molecular formula is H2F4NiP. The molecule has 0 saturated carbocycles. The molecule has 6 heteroatoms. The van der Waals surface area contributed by atoms with Crippen LogP contribution >= 0.6 is 8.01 Å². The third-order valence-electron chi connectivity index (χ3n) is 0. The van der Waals surface area contributed by atoms with Gasteiger partial charge in [0.15, 0.2) is 0 Å². The van der Waals surface area contributed by atoms with E-state index >= 15 is 0 Å². The standard InChI is InChI=1S/4FH.Ni.H2P/h4*1H;;1H2/q;;;;+5;-1/p-4. The molecule has 0 aromatic carbocycles. The summed E-state index contributed by atoms with van der Waals surface area (Å²) in [6, 6.07) is 0. The molecule has 45 valence electrons. The van der Waals surface area contributed by atoms with Crippen LogP contribution in [-0.2, 0) is 12.7 Å². The third-order valence-corrected chi connectivity index (χ3v) is 0. The first-order chi connectivity index (χ1) is 2.24. The summed E-state index contributed by atoms with van der Waals surface area (Å²) in [6.07, 6.45) is 0. The van der Waals surface area contributed by atoms with Crippen molar-refractivity contribution in [3.8, 4) is 0 Å². The number of halogens is 4. The van der Waals surface area contributed by atoms with Gasteiger partial charge in [0.1, 0.15) is 0 Å². The number of rotatable bonds is 0. The van der Waals surface area contributed by atoms with E-state index in [2.05, 4.69) is 0 Å². The second-order valence-corrected chi connectivity index (χ2v) is 4.53. The molecule has 0 aliphatic carbocycles. The SMILES string of the molecule is [F][Ni]([F])([F])([F])[PH2]. The van der Waals surface area contributed by atoms with E-state index in [1.54, 1.807) is 0 Å². The topological polar surface area (TPSA) is 0 Å². The fourth-order valence-corrected chi connectivity index (χ4v) is 0. The molecule has 0 rings (SSSR count). The molecule has 0 N–H and O–H groups in total. The van der Waals surface area contributed by atoms with Crippen LogP contribution in [0.4, 0.5) is 14.4 Å². The van der Waals surface area contributed by atoms with E-state index in [1.807, 2.05) is 0 Å². The first kappa shape index (κ1) is 6.64. The van der Waals surface area contributed by atoms with Crippen LogP contribution in [0.1, 0.15) is 0 Å². The van der Waals surface area contributed by atoms with E-state index < -0.39 is 12.7 Å². The Morgan fingerprint density at radius 1 is 1.00 bits per heavy atom. The molecule has 0 aromatic heterocycles. The first-order valence-electron chi connectivity index (χ1n) is 0.661. The number of hydrogen-bond donors (Lipinski definition) is 0. The monoisotopic (exact) mass is 167 g/mol. The summed E-state index contributed by atoms with van der Waals surface area (Å²) in [4.78, 5) is 0. The zero-order valence-electron chi connectivity index (χ0n) is 2.41. The van der Waals surface area contributed by atoms with E-state index in [9.17, 15) is 14.4 Å². The van der Waals surface area contributed by atoms with Gasteiger partial charge in [0.25, 0.3) is 0 Å². The van der Waals surface area contributed by atoms with E-state index in [0.29, 0.717) is 0 Å². The van der Waals surface area contributed by atoms with Gasteiger partial charge in [0, 0.05) is 0 Å². The molecule has 0 aromatic rings. The predicted molar refractivity (Wildman–Crippen MR) is 14.1 cm³/mol. The van der Waals surface area contributed by atoms with Crippen molar-refractivity contribution in [2.24, 2.45) is 0 Å². The van der Waals surface area contributed by atoms with Crippen molar-refractivity contribution in [1.82, 2.24) is 0 Å². The van der Waals surface area contributed by atoms with Gasteiger partial charge < -0.3 is 0 Å². The molecule has 0 nitrogen and oxygen atoms in total. The second-order valence-electron chi connectivity index (χ2n) is 0.547. The van der Waals surface area contributed by atoms with E-state index in [1.165, 1.54) is 0 Å². The summed E-state index contributed by atoms with van der Waals surface area (Å²) < 4.78 is 41.8. The van der Waals surface area contributed by atoms with E-state index in [4.69, 9.17) is 0 Å². The van der Waals surface area contributed by atoms with E-state index in [0.717, 1.165) is 0 Å². The molecule has 1 unspecified atom stereocenters. The van der Waals surface area contributed by atoms with Crippen molar-refractivity contribution in [1.29, 1.82) is 0 Å². The maximum atomic E-state index is 10.5. The molecule has 1 atom stereocenters. The molecule has 6 heavy (non-hydrogen) atoms. The summed E-state index contributed by atoms with van der Waals surface area (Å²) in [5.41, 5.74) is 0. The molecule has 0 fully saturated rings. The van der Waals surface area contributed by atoms with Gasteiger partial charge in [-0.25, -0.2) is 0 Å². The van der Waals surface area contributed by atoms with Gasteiger partial charge in [0.2, 0.25) is 0 Å². The third kappa shape index (κ3) is 149. The molecule has 0 saturated heterocycles. The first-order valence-corrected chi connectivity index (χ1v) is 4.23. The fourth-order valence-electron chi connectivity index (χ4n) is 0. The Labute approximate surface area is 36.0 Å². The Balaban J connectivity index is 3.73. The number of hydrogen-bond acceptors (Lipinski definition) is 0. The Morgan fingerprint density at radius 3 is 1.00 bits per heavy atom. The van der Waals surface area contributed by atoms with Crippen LogP contribution in [0.15, 0.2) is 0 Å². The average molecular weight is 168 g/mol. The Morgan fingerprint density at radius 2 is 1.00 bits per heavy atom. The van der Waals surface area contributed by atoms with Gasteiger partial charge >= 0.3 is 35.1 Å². The van der Waals surface area contributed by atoms with Crippen LogP contribution in [0.2, 0.25) is 0 Å². The fraction of sp³-hybridized carbons (Fsp3) is 0. The van der Waals surface area contributed by atoms with E-state index in [-0.39, 0.29) is 8.01 Å². The van der Waals surface area contributed by atoms with Crippen LogP contribution in [0.25, 0.3) is 0 Å². The summed E-state index contributed by atoms with van der Waals surface area (Å²) in [5, 5.41) is 0. The zero-order chi connectivity index (χ0) is 5.45. The molecule has 0 amide bonds. The van der Waals surface area contributed by atoms with Crippen LogP contribution < -0.4 is 0 Å². The van der Waals surface area contributed by atoms with Crippen molar-refractivity contribution in [3.63, 3.8) is 0 Å². The minimum atomic E-state index is -7.01. The Hall–Kier alpha value is 0.644. The van der Waals surface area contributed by atoms with Crippen molar-refractivity contribution in [3.05, 3.63) is 0 Å². The van der Waals surface area contributed by atoms with Gasteiger partial charge in [-0.1, -0.05) is 0 Å². The van der Waals surface area contributed by atoms with Crippen molar-refractivity contribution in [2.45, 2.75) is 0 Å². The van der Waals surface area contributed by atoms with Gasteiger partial charge in [0.05, 0.1) is 0 Å². The van der Waals surface area contributed by atoms with Crippen LogP contribution in [0.3, 0.4) is 0 Å². The molecule has 0 aliphatic heterocycles. The molecule has 0 aliphatic rings. The Bertz CT molecular complexity index is 40.7. The van der Waals surface area contributed by atoms with Gasteiger partial charge in [-0.2, -0.15) is 0 Å². The summed E-state index contributed by atoms with van der Waals surface area (Å²) in [5.74, 6) is 0. The zero-order valence-corrected chi connectivity index (χ0v) is 4.55. The normalized spacial score (nSPS) is 19.2. The predicted octanol–water partition coefficient (Wildman–Crippen LogP) is 2.00. The maximum absolute atomic E-state index is 10.5. The molecular weight excluding hydrogens is 166 g/mol. The van der Waals surface area contributed by atoms with Crippen molar-refractivity contribution in [2.75, 3.05) is 0 Å². The summed E-state index contributed by atoms with van der Waals surface area (Å²) in [7, 11) is 0.223. The molecule has 0 radical (unpaired) electrons.